The van der Waals surface area contributed by atoms with E-state index in [1.165, 1.54) is 24.3 Å². The summed E-state index contributed by atoms with van der Waals surface area (Å²) in [5.41, 5.74) is -1.30. The molecule has 52 heavy (non-hydrogen) atoms. The number of hydrogen-bond donors (Lipinski definition) is 12. The first-order valence-electron chi connectivity index (χ1n) is 15.9. The van der Waals surface area contributed by atoms with Gasteiger partial charge in [0.2, 0.25) is 23.8 Å². The minimum absolute atomic E-state index is 0.0993. The Morgan fingerprint density at radius 1 is 0.692 bits per heavy atom. The van der Waals surface area contributed by atoms with Crippen molar-refractivity contribution >= 4 is 11.0 Å². The Hall–Kier alpha value is -3.71. The van der Waals surface area contributed by atoms with Crippen molar-refractivity contribution in [2.75, 3.05) is 19.8 Å². The third kappa shape index (κ3) is 7.14. The SMILES string of the molecule is O=c1c(O[C@@H]2O[C@H](CO)[C@@H](O)[C@H](O)[C@H]2O[C@H]2OC[C@@H](O)[C@H](O)[C@H]2O)c(-c2ccc(O)cc2)oc2cc(O[C@@H]3O[C@H](CO)[C@@H](O)[C@H](O)[C@H]3O)cc(O)c12. The van der Waals surface area contributed by atoms with E-state index in [1.54, 1.807) is 0 Å². The maximum atomic E-state index is 14.2. The fraction of sp³-hybridized carbons (Fsp3) is 0.531. The molecule has 3 aliphatic heterocycles. The summed E-state index contributed by atoms with van der Waals surface area (Å²) in [7, 11) is 0. The lowest BCUT2D eigenvalue weighted by molar-refractivity contribution is -0.345. The minimum Gasteiger partial charge on any atom is -0.508 e. The second-order valence-electron chi connectivity index (χ2n) is 12.4. The lowest BCUT2D eigenvalue weighted by Crippen LogP contribution is -2.64. The Balaban J connectivity index is 1.41. The van der Waals surface area contributed by atoms with Crippen molar-refractivity contribution in [3.8, 4) is 34.3 Å². The second kappa shape index (κ2) is 15.3. The highest BCUT2D eigenvalue weighted by Crippen LogP contribution is 2.39. The molecule has 0 aliphatic carbocycles. The van der Waals surface area contributed by atoms with Gasteiger partial charge in [0.05, 0.1) is 19.8 Å². The average molecular weight is 743 g/mol. The van der Waals surface area contributed by atoms with Crippen LogP contribution >= 0.6 is 0 Å². The molecule has 2 aromatic carbocycles. The number of phenolic OH excluding ortho intramolecular Hbond substituents is 2. The normalized spacial score (nSPS) is 36.8. The number of hydrogen-bond acceptors (Lipinski definition) is 20. The molecule has 0 radical (unpaired) electrons. The Bertz CT molecular complexity index is 1750. The van der Waals surface area contributed by atoms with Crippen molar-refractivity contribution in [3.05, 3.63) is 46.6 Å². The summed E-state index contributed by atoms with van der Waals surface area (Å²) in [4.78, 5) is 14.2. The topological polar surface area (TPSA) is 328 Å². The molecule has 0 spiro atoms. The standard InChI is InChI=1S/C32H38O20/c33-7-16-20(39)23(42)26(45)31(49-16)47-12-5-13(36)18-15(6-12)48-27(10-1-3-11(35)4-2-10)28(22(18)41)51-32-29(24(43)21(40)17(8-34)50-32)52-30-25(44)19(38)14(37)9-46-30/h1-6,14,16-17,19-21,23-26,29-40,42-45H,7-9H2/t14-,16-,17-,19+,20-,21-,23+,24+,25-,26-,29-,30-,31-,32+/m1/s1. The van der Waals surface area contributed by atoms with Crippen LogP contribution in [0, 0.1) is 0 Å². The number of rotatable bonds is 9. The van der Waals surface area contributed by atoms with Crippen LogP contribution in [0.5, 0.6) is 23.0 Å². The highest BCUT2D eigenvalue weighted by Gasteiger charge is 2.50. The van der Waals surface area contributed by atoms with Crippen molar-refractivity contribution in [2.45, 2.75) is 86.0 Å². The maximum Gasteiger partial charge on any atom is 0.239 e. The van der Waals surface area contributed by atoms with Gasteiger partial charge in [0.1, 0.15) is 89.3 Å². The van der Waals surface area contributed by atoms with Crippen LogP contribution in [-0.4, -0.2) is 167 Å². The molecule has 286 valence electrons. The molecule has 0 bridgehead atoms. The first-order valence-corrected chi connectivity index (χ1v) is 15.9. The predicted octanol–water partition coefficient (Wildman–Crippen LogP) is -4.31. The molecule has 0 saturated carbocycles. The van der Waals surface area contributed by atoms with E-state index < -0.39 is 128 Å². The highest BCUT2D eigenvalue weighted by atomic mass is 16.8. The summed E-state index contributed by atoms with van der Waals surface area (Å²) in [6.07, 6.45) is -24.0. The largest absolute Gasteiger partial charge is 0.508 e. The number of ether oxygens (including phenoxy) is 6. The molecule has 0 amide bonds. The molecule has 3 aliphatic rings. The van der Waals surface area contributed by atoms with Gasteiger partial charge in [0.15, 0.2) is 18.2 Å². The fourth-order valence-corrected chi connectivity index (χ4v) is 6.00. The van der Waals surface area contributed by atoms with E-state index in [0.29, 0.717) is 0 Å². The van der Waals surface area contributed by atoms with Crippen LogP contribution < -0.4 is 14.9 Å². The lowest BCUT2D eigenvalue weighted by Gasteiger charge is -2.44. The first kappa shape index (κ1) is 38.0. The lowest BCUT2D eigenvalue weighted by atomic mass is 9.98. The van der Waals surface area contributed by atoms with E-state index in [-0.39, 0.29) is 28.4 Å². The van der Waals surface area contributed by atoms with E-state index in [2.05, 4.69) is 0 Å². The fourth-order valence-electron chi connectivity index (χ4n) is 6.00. The molecule has 12 N–H and O–H groups in total. The van der Waals surface area contributed by atoms with Gasteiger partial charge in [-0.25, -0.2) is 0 Å². The third-order valence-corrected chi connectivity index (χ3v) is 8.94. The van der Waals surface area contributed by atoms with Crippen molar-refractivity contribution in [1.82, 2.24) is 0 Å². The summed E-state index contributed by atoms with van der Waals surface area (Å²) >= 11 is 0. The number of aromatic hydroxyl groups is 2. The van der Waals surface area contributed by atoms with E-state index in [9.17, 15) is 66.1 Å². The molecule has 20 heteroatoms. The number of fused-ring (bicyclic) bond motifs is 1. The number of aliphatic hydroxyl groups excluding tert-OH is 10. The molecule has 1 aromatic heterocycles. The molecule has 0 unspecified atom stereocenters. The van der Waals surface area contributed by atoms with Gasteiger partial charge >= 0.3 is 0 Å². The Kier molecular flexibility index (Phi) is 11.2. The molecular weight excluding hydrogens is 704 g/mol. The van der Waals surface area contributed by atoms with Gasteiger partial charge < -0.3 is 94.1 Å². The van der Waals surface area contributed by atoms with Crippen molar-refractivity contribution in [2.24, 2.45) is 0 Å². The quantitative estimate of drug-likeness (QED) is 0.0986. The van der Waals surface area contributed by atoms with Gasteiger partial charge in [0.25, 0.3) is 0 Å². The smallest absolute Gasteiger partial charge is 0.239 e. The Morgan fingerprint density at radius 3 is 1.96 bits per heavy atom. The summed E-state index contributed by atoms with van der Waals surface area (Å²) in [6.45, 7) is -2.10. The van der Waals surface area contributed by atoms with Crippen molar-refractivity contribution in [3.63, 3.8) is 0 Å². The zero-order valence-electron chi connectivity index (χ0n) is 26.8. The van der Waals surface area contributed by atoms with Crippen LogP contribution in [0.15, 0.2) is 45.6 Å². The van der Waals surface area contributed by atoms with E-state index >= 15 is 0 Å². The number of benzene rings is 2. The molecule has 3 saturated heterocycles. The van der Waals surface area contributed by atoms with Crippen LogP contribution in [0.3, 0.4) is 0 Å². The Labute approximate surface area is 292 Å². The van der Waals surface area contributed by atoms with Crippen molar-refractivity contribution in [1.29, 1.82) is 0 Å². The molecule has 14 atom stereocenters. The van der Waals surface area contributed by atoms with E-state index in [1.807, 2.05) is 0 Å². The van der Waals surface area contributed by atoms with Crippen LogP contribution in [-0.2, 0) is 18.9 Å². The van der Waals surface area contributed by atoms with E-state index in [4.69, 9.17) is 32.8 Å². The van der Waals surface area contributed by atoms with Gasteiger partial charge in [-0.15, -0.1) is 0 Å². The maximum absolute atomic E-state index is 14.2. The first-order chi connectivity index (χ1) is 24.7. The molecule has 6 rings (SSSR count). The third-order valence-electron chi connectivity index (χ3n) is 8.94. The number of aliphatic hydroxyl groups is 10. The van der Waals surface area contributed by atoms with Crippen LogP contribution in [0.4, 0.5) is 0 Å². The highest BCUT2D eigenvalue weighted by molar-refractivity contribution is 5.88. The molecule has 4 heterocycles. The zero-order chi connectivity index (χ0) is 37.6. The van der Waals surface area contributed by atoms with Gasteiger partial charge in [0, 0.05) is 17.7 Å². The van der Waals surface area contributed by atoms with Crippen molar-refractivity contribution < 1.29 is 94.1 Å². The van der Waals surface area contributed by atoms with Gasteiger partial charge in [-0.3, -0.25) is 4.79 Å². The summed E-state index contributed by atoms with van der Waals surface area (Å²) < 4.78 is 39.5. The monoisotopic (exact) mass is 742 g/mol. The Morgan fingerprint density at radius 2 is 1.31 bits per heavy atom. The summed E-state index contributed by atoms with van der Waals surface area (Å²) in [5.74, 6) is -2.26. The second-order valence-corrected chi connectivity index (χ2v) is 12.4. The van der Waals surface area contributed by atoms with Crippen LogP contribution in [0.25, 0.3) is 22.3 Å². The molecule has 3 fully saturated rings. The molecule has 20 nitrogen and oxygen atoms in total. The predicted molar refractivity (Wildman–Crippen MR) is 167 cm³/mol. The van der Waals surface area contributed by atoms with Gasteiger partial charge in [-0.1, -0.05) is 0 Å². The minimum atomic E-state index is -1.93. The van der Waals surface area contributed by atoms with Gasteiger partial charge in [-0.2, -0.15) is 0 Å². The van der Waals surface area contributed by atoms with Gasteiger partial charge in [-0.05, 0) is 24.3 Å². The van der Waals surface area contributed by atoms with E-state index in [0.717, 1.165) is 12.1 Å². The summed E-state index contributed by atoms with van der Waals surface area (Å²) in [5, 5.41) is 123. The zero-order valence-corrected chi connectivity index (χ0v) is 26.8. The average Bonchev–Trinajstić information content (AvgIpc) is 3.12. The van der Waals surface area contributed by atoms with Crippen LogP contribution in [0.2, 0.25) is 0 Å². The van der Waals surface area contributed by atoms with Crippen LogP contribution in [0.1, 0.15) is 0 Å². The number of phenols is 2. The molecule has 3 aromatic rings. The summed E-state index contributed by atoms with van der Waals surface area (Å²) in [6, 6.07) is 7.17. The molecular formula is C32H38O20.